The van der Waals surface area contributed by atoms with Crippen LogP contribution in [0, 0.1) is 17.3 Å². The molecule has 1 saturated carbocycles. The molecule has 1 amide bonds. The molecule has 1 N–H and O–H groups in total. The van der Waals surface area contributed by atoms with Crippen molar-refractivity contribution in [2.75, 3.05) is 6.54 Å². The molecule has 0 aromatic rings. The second-order valence-corrected chi connectivity index (χ2v) is 7.18. The van der Waals surface area contributed by atoms with E-state index in [-0.39, 0.29) is 23.3 Å². The number of amides is 1. The Morgan fingerprint density at radius 3 is 2.45 bits per heavy atom. The molecule has 4 nitrogen and oxygen atoms in total. The van der Waals surface area contributed by atoms with Crippen molar-refractivity contribution >= 4 is 11.9 Å². The van der Waals surface area contributed by atoms with Gasteiger partial charge in [-0.1, -0.05) is 33.1 Å². The average Bonchev–Trinajstić information content (AvgIpc) is 2.34. The van der Waals surface area contributed by atoms with Crippen molar-refractivity contribution < 1.29 is 14.7 Å². The lowest BCUT2D eigenvalue weighted by Crippen LogP contribution is -2.55. The molecular weight excluding hydrogens is 254 g/mol. The average molecular weight is 281 g/mol. The minimum atomic E-state index is -0.767. The summed E-state index contributed by atoms with van der Waals surface area (Å²) < 4.78 is 0. The first-order valence-electron chi connectivity index (χ1n) is 7.86. The van der Waals surface area contributed by atoms with E-state index in [1.165, 1.54) is 19.3 Å². The van der Waals surface area contributed by atoms with Gasteiger partial charge in [0.05, 0.1) is 5.92 Å². The van der Waals surface area contributed by atoms with Crippen LogP contribution in [0.4, 0.5) is 0 Å². The van der Waals surface area contributed by atoms with E-state index in [4.69, 9.17) is 0 Å². The maximum atomic E-state index is 12.3. The molecule has 0 aromatic carbocycles. The van der Waals surface area contributed by atoms with E-state index in [1.54, 1.807) is 0 Å². The summed E-state index contributed by atoms with van der Waals surface area (Å²) in [6.45, 7) is 6.76. The Bertz CT molecular complexity index is 387. The molecule has 1 aliphatic carbocycles. The molecule has 0 spiro atoms. The number of hydrogen-bond acceptors (Lipinski definition) is 2. The third-order valence-electron chi connectivity index (χ3n) is 5.34. The summed E-state index contributed by atoms with van der Waals surface area (Å²) >= 11 is 0. The van der Waals surface area contributed by atoms with Gasteiger partial charge in [0.15, 0.2) is 0 Å². The first-order chi connectivity index (χ1) is 9.34. The predicted molar refractivity (Wildman–Crippen MR) is 77.3 cm³/mol. The van der Waals surface area contributed by atoms with E-state index in [0.717, 1.165) is 19.4 Å². The molecule has 4 heteroatoms. The quantitative estimate of drug-likeness (QED) is 0.865. The molecule has 3 unspecified atom stereocenters. The van der Waals surface area contributed by atoms with Crippen LogP contribution in [0.15, 0.2) is 0 Å². The molecule has 3 atom stereocenters. The van der Waals surface area contributed by atoms with Gasteiger partial charge in [-0.25, -0.2) is 0 Å². The minimum absolute atomic E-state index is 0.0644. The number of carboxylic acid groups (broad SMARTS) is 1. The number of carboxylic acids is 1. The van der Waals surface area contributed by atoms with Crippen LogP contribution in [0.5, 0.6) is 0 Å². The molecule has 0 bridgehead atoms. The van der Waals surface area contributed by atoms with Crippen LogP contribution in [0.2, 0.25) is 0 Å². The van der Waals surface area contributed by atoms with E-state index < -0.39 is 11.9 Å². The summed E-state index contributed by atoms with van der Waals surface area (Å²) in [6.07, 6.45) is 6.41. The fourth-order valence-corrected chi connectivity index (χ4v) is 4.07. The predicted octanol–water partition coefficient (Wildman–Crippen LogP) is 2.91. The molecule has 2 fully saturated rings. The van der Waals surface area contributed by atoms with Crippen LogP contribution in [0.3, 0.4) is 0 Å². The van der Waals surface area contributed by atoms with Gasteiger partial charge < -0.3 is 10.0 Å². The highest BCUT2D eigenvalue weighted by Crippen LogP contribution is 2.39. The third kappa shape index (κ3) is 2.99. The standard InChI is InChI=1S/C16H27NO3/c1-11-9-13(18)17(12(2)14(11)15(19)20)10-16(3)7-5-4-6-8-16/h11-12,14H,4-10H2,1-3H3,(H,19,20). The molecule has 20 heavy (non-hydrogen) atoms. The largest absolute Gasteiger partial charge is 0.481 e. The summed E-state index contributed by atoms with van der Waals surface area (Å²) in [5, 5.41) is 9.42. The number of carbonyl (C=O) groups is 2. The lowest BCUT2D eigenvalue weighted by molar-refractivity contribution is -0.156. The number of likely N-dealkylation sites (tertiary alicyclic amines) is 1. The van der Waals surface area contributed by atoms with Crippen molar-refractivity contribution in [3.63, 3.8) is 0 Å². The van der Waals surface area contributed by atoms with Crippen molar-refractivity contribution in [1.29, 1.82) is 0 Å². The molecule has 114 valence electrons. The second-order valence-electron chi connectivity index (χ2n) is 7.18. The summed E-state index contributed by atoms with van der Waals surface area (Å²) in [5.74, 6) is -1.13. The van der Waals surface area contributed by atoms with Crippen LogP contribution in [-0.4, -0.2) is 34.5 Å². The molecule has 2 aliphatic rings. The van der Waals surface area contributed by atoms with Crippen molar-refractivity contribution in [1.82, 2.24) is 4.90 Å². The van der Waals surface area contributed by atoms with Gasteiger partial charge in [0.25, 0.3) is 0 Å². The smallest absolute Gasteiger partial charge is 0.308 e. The van der Waals surface area contributed by atoms with Gasteiger partial charge in [-0.3, -0.25) is 9.59 Å². The zero-order chi connectivity index (χ0) is 14.9. The van der Waals surface area contributed by atoms with E-state index in [9.17, 15) is 14.7 Å². The van der Waals surface area contributed by atoms with Gasteiger partial charge in [-0.2, -0.15) is 0 Å². The molecule has 2 rings (SSSR count). The summed E-state index contributed by atoms with van der Waals surface area (Å²) in [7, 11) is 0. The second kappa shape index (κ2) is 5.74. The Morgan fingerprint density at radius 2 is 1.90 bits per heavy atom. The van der Waals surface area contributed by atoms with Crippen LogP contribution < -0.4 is 0 Å². The van der Waals surface area contributed by atoms with E-state index >= 15 is 0 Å². The fourth-order valence-electron chi connectivity index (χ4n) is 4.07. The van der Waals surface area contributed by atoms with Crippen molar-refractivity contribution in [2.24, 2.45) is 17.3 Å². The first-order valence-corrected chi connectivity index (χ1v) is 7.86. The molecule has 0 radical (unpaired) electrons. The minimum Gasteiger partial charge on any atom is -0.481 e. The first kappa shape index (κ1) is 15.3. The molecular formula is C16H27NO3. The third-order valence-corrected chi connectivity index (χ3v) is 5.34. The summed E-state index contributed by atoms with van der Waals surface area (Å²) in [5.41, 5.74) is 0.172. The number of aliphatic carboxylic acids is 1. The summed E-state index contributed by atoms with van der Waals surface area (Å²) in [6, 6.07) is -0.192. The van der Waals surface area contributed by atoms with Crippen LogP contribution in [0.1, 0.15) is 59.3 Å². The zero-order valence-corrected chi connectivity index (χ0v) is 12.9. The van der Waals surface area contributed by atoms with Gasteiger partial charge in [0, 0.05) is 19.0 Å². The Morgan fingerprint density at radius 1 is 1.30 bits per heavy atom. The maximum Gasteiger partial charge on any atom is 0.308 e. The number of carbonyl (C=O) groups excluding carboxylic acids is 1. The van der Waals surface area contributed by atoms with Crippen LogP contribution >= 0.6 is 0 Å². The highest BCUT2D eigenvalue weighted by atomic mass is 16.4. The highest BCUT2D eigenvalue weighted by molar-refractivity contribution is 5.81. The Labute approximate surface area is 121 Å². The number of piperidine rings is 1. The van der Waals surface area contributed by atoms with Gasteiger partial charge in [-0.15, -0.1) is 0 Å². The van der Waals surface area contributed by atoms with Gasteiger partial charge in [0.2, 0.25) is 5.91 Å². The molecule has 1 aliphatic heterocycles. The number of hydrogen-bond donors (Lipinski definition) is 1. The lowest BCUT2D eigenvalue weighted by atomic mass is 9.73. The Balaban J connectivity index is 2.12. The van der Waals surface area contributed by atoms with Crippen molar-refractivity contribution in [3.05, 3.63) is 0 Å². The van der Waals surface area contributed by atoms with Gasteiger partial charge in [0.1, 0.15) is 0 Å². The van der Waals surface area contributed by atoms with E-state index in [1.807, 2.05) is 18.7 Å². The lowest BCUT2D eigenvalue weighted by Gasteiger charge is -2.46. The Hall–Kier alpha value is -1.06. The highest BCUT2D eigenvalue weighted by Gasteiger charge is 2.43. The van der Waals surface area contributed by atoms with Crippen molar-refractivity contribution in [2.45, 2.75) is 65.3 Å². The molecule has 1 saturated heterocycles. The maximum absolute atomic E-state index is 12.3. The SMILES string of the molecule is CC1CC(=O)N(CC2(C)CCCCC2)C(C)C1C(=O)O. The van der Waals surface area contributed by atoms with Crippen molar-refractivity contribution in [3.8, 4) is 0 Å². The number of nitrogens with zero attached hydrogens (tertiary/aromatic N) is 1. The van der Waals surface area contributed by atoms with E-state index in [0.29, 0.717) is 6.42 Å². The monoisotopic (exact) mass is 281 g/mol. The summed E-state index contributed by atoms with van der Waals surface area (Å²) in [4.78, 5) is 25.6. The normalized spacial score (nSPS) is 34.0. The molecule has 0 aromatic heterocycles. The topological polar surface area (TPSA) is 57.6 Å². The van der Waals surface area contributed by atoms with Crippen LogP contribution in [-0.2, 0) is 9.59 Å². The zero-order valence-electron chi connectivity index (χ0n) is 12.9. The van der Waals surface area contributed by atoms with Crippen LogP contribution in [0.25, 0.3) is 0 Å². The molecule has 1 heterocycles. The Kier molecular flexibility index (Phi) is 4.40. The van der Waals surface area contributed by atoms with E-state index in [2.05, 4.69) is 6.92 Å². The van der Waals surface area contributed by atoms with Gasteiger partial charge >= 0.3 is 5.97 Å². The fraction of sp³-hybridized carbons (Fsp3) is 0.875. The van der Waals surface area contributed by atoms with Gasteiger partial charge in [-0.05, 0) is 31.1 Å². The number of rotatable bonds is 3.